The van der Waals surface area contributed by atoms with Gasteiger partial charge in [-0.1, -0.05) is 6.92 Å². The van der Waals surface area contributed by atoms with Gasteiger partial charge in [0.05, 0.1) is 18.4 Å². The van der Waals surface area contributed by atoms with Crippen molar-refractivity contribution >= 4 is 17.4 Å². The molecule has 7 nitrogen and oxygen atoms in total. The van der Waals surface area contributed by atoms with Crippen LogP contribution in [0.15, 0.2) is 52.7 Å². The Bertz CT molecular complexity index is 884. The van der Waals surface area contributed by atoms with Gasteiger partial charge in [0.25, 0.3) is 11.7 Å². The zero-order valence-electron chi connectivity index (χ0n) is 16.9. The Morgan fingerprint density at radius 2 is 1.93 bits per heavy atom. The number of benzene rings is 1. The summed E-state index contributed by atoms with van der Waals surface area (Å²) >= 11 is 0. The summed E-state index contributed by atoms with van der Waals surface area (Å²) in [7, 11) is 3.78. The van der Waals surface area contributed by atoms with E-state index in [1.54, 1.807) is 36.4 Å². The first-order valence-electron chi connectivity index (χ1n) is 9.63. The lowest BCUT2D eigenvalue weighted by molar-refractivity contribution is -0.140. The molecule has 3 rings (SSSR count). The third kappa shape index (κ3) is 4.35. The minimum Gasteiger partial charge on any atom is -0.507 e. The maximum atomic E-state index is 12.8. The number of amides is 1. The van der Waals surface area contributed by atoms with Gasteiger partial charge in [0.1, 0.15) is 23.3 Å². The molecule has 1 saturated heterocycles. The summed E-state index contributed by atoms with van der Waals surface area (Å²) in [4.78, 5) is 28.9. The van der Waals surface area contributed by atoms with Crippen molar-refractivity contribution in [2.45, 2.75) is 19.4 Å². The van der Waals surface area contributed by atoms with E-state index in [1.165, 1.54) is 11.2 Å². The maximum Gasteiger partial charge on any atom is 0.295 e. The molecule has 1 N–H and O–H groups in total. The van der Waals surface area contributed by atoms with Crippen LogP contribution in [0.25, 0.3) is 5.76 Å². The molecule has 1 fully saturated rings. The quantitative estimate of drug-likeness (QED) is 0.418. The number of aliphatic hydroxyl groups excluding tert-OH is 1. The Hall–Kier alpha value is -3.06. The molecule has 1 aromatic heterocycles. The van der Waals surface area contributed by atoms with Gasteiger partial charge in [0.15, 0.2) is 0 Å². The highest BCUT2D eigenvalue weighted by molar-refractivity contribution is 6.46. The van der Waals surface area contributed by atoms with E-state index in [1.807, 2.05) is 25.9 Å². The van der Waals surface area contributed by atoms with E-state index >= 15 is 0 Å². The summed E-state index contributed by atoms with van der Waals surface area (Å²) in [5.41, 5.74) is 0.474. The zero-order chi connectivity index (χ0) is 21.0. The molecule has 0 radical (unpaired) electrons. The highest BCUT2D eigenvalue weighted by Crippen LogP contribution is 2.39. The van der Waals surface area contributed by atoms with Gasteiger partial charge < -0.3 is 24.1 Å². The van der Waals surface area contributed by atoms with E-state index < -0.39 is 17.7 Å². The van der Waals surface area contributed by atoms with Crippen molar-refractivity contribution in [1.82, 2.24) is 9.80 Å². The van der Waals surface area contributed by atoms with E-state index in [4.69, 9.17) is 9.15 Å². The Morgan fingerprint density at radius 3 is 2.52 bits per heavy atom. The standard InChI is InChI=1S/C22H26N2O5/c1-4-13-28-16-9-7-15(8-10-16)20(25)18-19(17-6-5-14-29-17)24(12-11-23(2)3)22(27)21(18)26/h5-10,14,19,25H,4,11-13H2,1-3H3/b20-18+. The van der Waals surface area contributed by atoms with Crippen molar-refractivity contribution in [3.8, 4) is 5.75 Å². The highest BCUT2D eigenvalue weighted by Gasteiger charge is 2.47. The summed E-state index contributed by atoms with van der Waals surface area (Å²) < 4.78 is 11.1. The number of hydrogen-bond donors (Lipinski definition) is 1. The number of nitrogens with zero attached hydrogens (tertiary/aromatic N) is 2. The molecule has 29 heavy (non-hydrogen) atoms. The van der Waals surface area contributed by atoms with Crippen molar-refractivity contribution < 1.29 is 23.8 Å². The molecular weight excluding hydrogens is 372 g/mol. The number of furan rings is 1. The van der Waals surface area contributed by atoms with E-state index in [-0.39, 0.29) is 11.3 Å². The summed E-state index contributed by atoms with van der Waals surface area (Å²) in [6.07, 6.45) is 2.38. The maximum absolute atomic E-state index is 12.8. The topological polar surface area (TPSA) is 83.2 Å². The Morgan fingerprint density at radius 1 is 1.21 bits per heavy atom. The molecule has 0 aliphatic carbocycles. The van der Waals surface area contributed by atoms with Gasteiger partial charge in [0, 0.05) is 18.7 Å². The van der Waals surface area contributed by atoms with Crippen molar-refractivity contribution in [3.63, 3.8) is 0 Å². The lowest BCUT2D eigenvalue weighted by atomic mass is 9.99. The number of ether oxygens (including phenoxy) is 1. The fourth-order valence-corrected chi connectivity index (χ4v) is 3.25. The SMILES string of the molecule is CCCOc1ccc(/C(O)=C2\C(=O)C(=O)N(CCN(C)C)C2c2ccco2)cc1. The van der Waals surface area contributed by atoms with Crippen LogP contribution in [0.1, 0.15) is 30.7 Å². The first-order chi connectivity index (χ1) is 13.9. The Kier molecular flexibility index (Phi) is 6.39. The number of rotatable bonds is 8. The van der Waals surface area contributed by atoms with E-state index in [0.717, 1.165) is 6.42 Å². The molecule has 1 amide bonds. The van der Waals surface area contributed by atoms with Crippen LogP contribution in [0.3, 0.4) is 0 Å². The lowest BCUT2D eigenvalue weighted by Crippen LogP contribution is -2.35. The first-order valence-corrected chi connectivity index (χ1v) is 9.63. The number of carbonyl (C=O) groups excluding carboxylic acids is 2. The number of carbonyl (C=O) groups is 2. The number of Topliss-reactive ketones (excluding diaryl/α,β-unsaturated/α-hetero) is 1. The summed E-state index contributed by atoms with van der Waals surface area (Å²) in [6.45, 7) is 3.53. The fraction of sp³-hybridized carbons (Fsp3) is 0.364. The van der Waals surface area contributed by atoms with E-state index in [0.29, 0.717) is 36.8 Å². The minimum atomic E-state index is -0.763. The van der Waals surface area contributed by atoms with Gasteiger partial charge in [-0.3, -0.25) is 9.59 Å². The van der Waals surface area contributed by atoms with Crippen LogP contribution >= 0.6 is 0 Å². The molecule has 1 aliphatic rings. The van der Waals surface area contributed by atoms with E-state index in [9.17, 15) is 14.7 Å². The molecule has 1 aromatic carbocycles. The fourth-order valence-electron chi connectivity index (χ4n) is 3.25. The molecule has 2 heterocycles. The lowest BCUT2D eigenvalue weighted by Gasteiger charge is -2.24. The van der Waals surface area contributed by atoms with Gasteiger partial charge in [-0.05, 0) is 56.9 Å². The van der Waals surface area contributed by atoms with Crippen molar-refractivity contribution in [3.05, 3.63) is 59.6 Å². The van der Waals surface area contributed by atoms with Gasteiger partial charge >= 0.3 is 0 Å². The molecule has 0 spiro atoms. The normalized spacial score (nSPS) is 18.6. The zero-order valence-corrected chi connectivity index (χ0v) is 16.9. The first kappa shape index (κ1) is 20.7. The molecule has 2 aromatic rings. The predicted octanol–water partition coefficient (Wildman–Crippen LogP) is 3.05. The molecule has 7 heteroatoms. The summed E-state index contributed by atoms with van der Waals surface area (Å²) in [6, 6.07) is 9.44. The predicted molar refractivity (Wildman–Crippen MR) is 108 cm³/mol. The van der Waals surface area contributed by atoms with E-state index in [2.05, 4.69) is 0 Å². The van der Waals surface area contributed by atoms with Crippen LogP contribution in [-0.4, -0.2) is 60.4 Å². The monoisotopic (exact) mass is 398 g/mol. The van der Waals surface area contributed by atoms with Crippen LogP contribution in [0.4, 0.5) is 0 Å². The smallest absolute Gasteiger partial charge is 0.295 e. The number of hydrogen-bond acceptors (Lipinski definition) is 6. The minimum absolute atomic E-state index is 0.0333. The summed E-state index contributed by atoms with van der Waals surface area (Å²) in [5.74, 6) is -0.462. The second-order valence-electron chi connectivity index (χ2n) is 7.18. The van der Waals surface area contributed by atoms with Crippen LogP contribution < -0.4 is 4.74 Å². The van der Waals surface area contributed by atoms with Crippen LogP contribution in [0.2, 0.25) is 0 Å². The second-order valence-corrected chi connectivity index (χ2v) is 7.18. The molecule has 0 saturated carbocycles. The van der Waals surface area contributed by atoms with Crippen LogP contribution in [0.5, 0.6) is 5.75 Å². The average molecular weight is 398 g/mol. The van der Waals surface area contributed by atoms with Crippen molar-refractivity contribution in [2.75, 3.05) is 33.8 Å². The highest BCUT2D eigenvalue weighted by atomic mass is 16.5. The molecule has 154 valence electrons. The van der Waals surface area contributed by atoms with Gasteiger partial charge in [0.2, 0.25) is 0 Å². The molecular formula is C22H26N2O5. The average Bonchev–Trinajstić information content (AvgIpc) is 3.32. The Balaban J connectivity index is 1.99. The molecule has 0 bridgehead atoms. The second kappa shape index (κ2) is 8.96. The molecule has 1 unspecified atom stereocenters. The van der Waals surface area contributed by atoms with Crippen LogP contribution in [0, 0.1) is 0 Å². The Labute approximate surface area is 170 Å². The number of ketones is 1. The van der Waals surface area contributed by atoms with Crippen LogP contribution in [-0.2, 0) is 9.59 Å². The van der Waals surface area contributed by atoms with Gasteiger partial charge in [-0.25, -0.2) is 0 Å². The summed E-state index contributed by atoms with van der Waals surface area (Å²) in [5, 5.41) is 10.9. The van der Waals surface area contributed by atoms with Crippen molar-refractivity contribution in [2.24, 2.45) is 0 Å². The molecule has 1 atom stereocenters. The number of likely N-dealkylation sites (tertiary alicyclic amines) is 1. The third-order valence-electron chi connectivity index (χ3n) is 4.74. The number of aliphatic hydroxyl groups is 1. The third-order valence-corrected chi connectivity index (χ3v) is 4.74. The number of likely N-dealkylation sites (N-methyl/N-ethyl adjacent to an activating group) is 1. The molecule has 1 aliphatic heterocycles. The largest absolute Gasteiger partial charge is 0.507 e. The van der Waals surface area contributed by atoms with Gasteiger partial charge in [-0.15, -0.1) is 0 Å². The van der Waals surface area contributed by atoms with Gasteiger partial charge in [-0.2, -0.15) is 0 Å². The van der Waals surface area contributed by atoms with Crippen molar-refractivity contribution in [1.29, 1.82) is 0 Å².